The van der Waals surface area contributed by atoms with Crippen molar-refractivity contribution in [2.75, 3.05) is 32.7 Å². The van der Waals surface area contributed by atoms with Crippen molar-refractivity contribution in [3.8, 4) is 0 Å². The van der Waals surface area contributed by atoms with Crippen LogP contribution in [0.15, 0.2) is 24.3 Å². The molecule has 0 aliphatic carbocycles. The molecule has 1 saturated heterocycles. The van der Waals surface area contributed by atoms with Crippen molar-refractivity contribution in [1.29, 1.82) is 0 Å². The van der Waals surface area contributed by atoms with Crippen molar-refractivity contribution >= 4 is 0 Å². The maximum atomic E-state index is 13.5. The van der Waals surface area contributed by atoms with Gasteiger partial charge in [0.1, 0.15) is 0 Å². The fraction of sp³-hybridized carbons (Fsp3) is 0.571. The molecule has 0 unspecified atom stereocenters. The summed E-state index contributed by atoms with van der Waals surface area (Å²) in [5.41, 5.74) is 0.934. The predicted octanol–water partition coefficient (Wildman–Crippen LogP) is 2.25. The summed E-state index contributed by atoms with van der Waals surface area (Å²) in [6.45, 7) is 5.82. The average Bonchev–Trinajstić information content (AvgIpc) is 2.37. The van der Waals surface area contributed by atoms with E-state index in [2.05, 4.69) is 10.2 Å². The van der Waals surface area contributed by atoms with Gasteiger partial charge in [-0.2, -0.15) is 0 Å². The van der Waals surface area contributed by atoms with Gasteiger partial charge in [0.2, 0.25) is 0 Å². The minimum atomic E-state index is -2.75. The van der Waals surface area contributed by atoms with Crippen LogP contribution in [0.4, 0.5) is 8.78 Å². The van der Waals surface area contributed by atoms with Crippen molar-refractivity contribution in [1.82, 2.24) is 10.2 Å². The molecule has 1 aromatic rings. The molecule has 0 saturated carbocycles. The molecule has 1 heterocycles. The van der Waals surface area contributed by atoms with Crippen LogP contribution in [0.5, 0.6) is 0 Å². The average molecular weight is 254 g/mol. The number of halogens is 2. The second-order valence-corrected chi connectivity index (χ2v) is 4.89. The summed E-state index contributed by atoms with van der Waals surface area (Å²) in [5.74, 6) is -2.75. The Bertz CT molecular complexity index is 382. The minimum Gasteiger partial charge on any atom is -0.314 e. The molecule has 1 aromatic carbocycles. The zero-order chi connectivity index (χ0) is 13.0. The molecular formula is C14H20F2N2. The van der Waals surface area contributed by atoms with E-state index in [1.165, 1.54) is 6.07 Å². The van der Waals surface area contributed by atoms with Gasteiger partial charge in [-0.05, 0) is 12.0 Å². The Morgan fingerprint density at radius 2 is 1.89 bits per heavy atom. The summed E-state index contributed by atoms with van der Waals surface area (Å²) in [6, 6.07) is 6.87. The molecule has 18 heavy (non-hydrogen) atoms. The van der Waals surface area contributed by atoms with E-state index in [9.17, 15) is 8.78 Å². The van der Waals surface area contributed by atoms with Gasteiger partial charge in [-0.1, -0.05) is 24.3 Å². The van der Waals surface area contributed by atoms with Crippen LogP contribution in [-0.4, -0.2) is 37.6 Å². The molecule has 0 amide bonds. The van der Waals surface area contributed by atoms with Crippen molar-refractivity contribution in [3.05, 3.63) is 35.4 Å². The summed E-state index contributed by atoms with van der Waals surface area (Å²) in [7, 11) is 0. The number of rotatable bonds is 4. The first-order valence-electron chi connectivity index (χ1n) is 6.46. The van der Waals surface area contributed by atoms with E-state index >= 15 is 0 Å². The lowest BCUT2D eigenvalue weighted by molar-refractivity contribution is 0.0164. The van der Waals surface area contributed by atoms with Crippen LogP contribution in [0.3, 0.4) is 0 Å². The Labute approximate surface area is 107 Å². The number of alkyl halides is 2. The first-order valence-corrected chi connectivity index (χ1v) is 6.46. The summed E-state index contributed by atoms with van der Waals surface area (Å²) >= 11 is 0. The fourth-order valence-electron chi connectivity index (χ4n) is 2.38. The van der Waals surface area contributed by atoms with Crippen LogP contribution in [0.1, 0.15) is 18.1 Å². The van der Waals surface area contributed by atoms with Crippen LogP contribution in [-0.2, 0) is 12.3 Å². The number of hydrogen-bond donors (Lipinski definition) is 1. The van der Waals surface area contributed by atoms with Crippen LogP contribution in [0.25, 0.3) is 0 Å². The van der Waals surface area contributed by atoms with Gasteiger partial charge in [0, 0.05) is 45.2 Å². The molecule has 0 spiro atoms. The highest BCUT2D eigenvalue weighted by atomic mass is 19.3. The first kappa shape index (κ1) is 13.4. The predicted molar refractivity (Wildman–Crippen MR) is 69.0 cm³/mol. The first-order chi connectivity index (χ1) is 8.57. The van der Waals surface area contributed by atoms with Crippen molar-refractivity contribution in [2.45, 2.75) is 19.3 Å². The van der Waals surface area contributed by atoms with Gasteiger partial charge >= 0.3 is 0 Å². The molecule has 2 rings (SSSR count). The topological polar surface area (TPSA) is 15.3 Å². The normalized spacial score (nSPS) is 17.9. The number of hydrogen-bond acceptors (Lipinski definition) is 2. The molecule has 1 fully saturated rings. The van der Waals surface area contributed by atoms with E-state index in [1.807, 2.05) is 12.1 Å². The molecule has 0 bridgehead atoms. The maximum Gasteiger partial charge on any atom is 0.270 e. The standard InChI is InChI=1S/C14H20F2N2/c1-14(15,16)13-5-3-2-4-12(13)6-9-18-10-7-17-8-11-18/h2-5,17H,6-11H2,1H3. The second kappa shape index (κ2) is 5.76. The Balaban J connectivity index is 2.00. The molecule has 1 aliphatic heterocycles. The minimum absolute atomic E-state index is 0.167. The highest BCUT2D eigenvalue weighted by molar-refractivity contribution is 5.30. The SMILES string of the molecule is CC(F)(F)c1ccccc1CCN1CCNCC1. The van der Waals surface area contributed by atoms with Crippen LogP contribution >= 0.6 is 0 Å². The lowest BCUT2D eigenvalue weighted by Gasteiger charge is -2.27. The molecule has 0 atom stereocenters. The van der Waals surface area contributed by atoms with E-state index in [-0.39, 0.29) is 5.56 Å². The third kappa shape index (κ3) is 3.50. The number of benzene rings is 1. The summed E-state index contributed by atoms with van der Waals surface area (Å²) < 4.78 is 26.9. The van der Waals surface area contributed by atoms with Gasteiger partial charge in [-0.25, -0.2) is 8.78 Å². The second-order valence-electron chi connectivity index (χ2n) is 4.89. The molecule has 1 aliphatic rings. The Morgan fingerprint density at radius 1 is 1.22 bits per heavy atom. The van der Waals surface area contributed by atoms with E-state index in [4.69, 9.17) is 0 Å². The van der Waals surface area contributed by atoms with Gasteiger partial charge in [0.25, 0.3) is 5.92 Å². The Morgan fingerprint density at radius 3 is 2.56 bits per heavy atom. The smallest absolute Gasteiger partial charge is 0.270 e. The monoisotopic (exact) mass is 254 g/mol. The van der Waals surface area contributed by atoms with E-state index in [0.717, 1.165) is 45.2 Å². The highest BCUT2D eigenvalue weighted by Crippen LogP contribution is 2.29. The molecule has 0 aromatic heterocycles. The van der Waals surface area contributed by atoms with Gasteiger partial charge in [0.15, 0.2) is 0 Å². The largest absolute Gasteiger partial charge is 0.314 e. The Kier molecular flexibility index (Phi) is 4.30. The lowest BCUT2D eigenvalue weighted by atomic mass is 10.00. The molecule has 0 radical (unpaired) electrons. The van der Waals surface area contributed by atoms with Crippen molar-refractivity contribution in [2.24, 2.45) is 0 Å². The van der Waals surface area contributed by atoms with E-state index in [1.54, 1.807) is 6.07 Å². The highest BCUT2D eigenvalue weighted by Gasteiger charge is 2.26. The number of nitrogens with zero attached hydrogens (tertiary/aromatic N) is 1. The van der Waals surface area contributed by atoms with Crippen molar-refractivity contribution in [3.63, 3.8) is 0 Å². The molecular weight excluding hydrogens is 234 g/mol. The quantitative estimate of drug-likeness (QED) is 0.886. The molecule has 2 nitrogen and oxygen atoms in total. The summed E-state index contributed by atoms with van der Waals surface area (Å²) in [6.07, 6.45) is 0.694. The summed E-state index contributed by atoms with van der Waals surface area (Å²) in [4.78, 5) is 2.32. The number of piperazine rings is 1. The molecule has 1 N–H and O–H groups in total. The molecule has 100 valence electrons. The van der Waals surface area contributed by atoms with E-state index < -0.39 is 5.92 Å². The van der Waals surface area contributed by atoms with Gasteiger partial charge in [0.05, 0.1) is 0 Å². The van der Waals surface area contributed by atoms with E-state index in [0.29, 0.717) is 6.42 Å². The van der Waals surface area contributed by atoms with Crippen LogP contribution in [0.2, 0.25) is 0 Å². The van der Waals surface area contributed by atoms with Gasteiger partial charge < -0.3 is 10.2 Å². The lowest BCUT2D eigenvalue weighted by Crippen LogP contribution is -2.44. The number of nitrogens with one attached hydrogen (secondary N) is 1. The van der Waals surface area contributed by atoms with Gasteiger partial charge in [-0.15, -0.1) is 0 Å². The zero-order valence-corrected chi connectivity index (χ0v) is 10.8. The van der Waals surface area contributed by atoms with Crippen LogP contribution < -0.4 is 5.32 Å². The third-order valence-electron chi connectivity index (χ3n) is 3.40. The Hall–Kier alpha value is -1.00. The van der Waals surface area contributed by atoms with Crippen molar-refractivity contribution < 1.29 is 8.78 Å². The zero-order valence-electron chi connectivity index (χ0n) is 10.8. The van der Waals surface area contributed by atoms with Gasteiger partial charge in [-0.3, -0.25) is 0 Å². The fourth-order valence-corrected chi connectivity index (χ4v) is 2.38. The third-order valence-corrected chi connectivity index (χ3v) is 3.40. The molecule has 4 heteroatoms. The summed E-state index contributed by atoms with van der Waals surface area (Å²) in [5, 5.41) is 3.29. The maximum absolute atomic E-state index is 13.5. The van der Waals surface area contributed by atoms with Crippen LogP contribution in [0, 0.1) is 0 Å².